The standard InChI is InChI=1S/C22H18ClN5OS/c1-30-17-11-9-16(10-12-17)28-21(19-8-4-5-13-24-19)20(26-27-28)22(29)25-14-15-6-2-3-7-18(15)23/h2-13H,14H2,1H3,(H,25,29). The summed E-state index contributed by atoms with van der Waals surface area (Å²) in [6, 6.07) is 20.8. The minimum atomic E-state index is -0.345. The van der Waals surface area contributed by atoms with Gasteiger partial charge in [-0.15, -0.1) is 16.9 Å². The topological polar surface area (TPSA) is 72.7 Å². The Labute approximate surface area is 183 Å². The molecule has 0 atom stereocenters. The Morgan fingerprint density at radius 1 is 1.07 bits per heavy atom. The molecule has 6 nitrogen and oxygen atoms in total. The number of carbonyl (C=O) groups is 1. The zero-order valence-electron chi connectivity index (χ0n) is 16.1. The quantitative estimate of drug-likeness (QED) is 0.447. The largest absolute Gasteiger partial charge is 0.346 e. The molecular weight excluding hydrogens is 418 g/mol. The molecule has 2 heterocycles. The molecule has 0 unspecified atom stereocenters. The lowest BCUT2D eigenvalue weighted by Crippen LogP contribution is -2.24. The molecule has 0 aliphatic rings. The summed E-state index contributed by atoms with van der Waals surface area (Å²) in [6.45, 7) is 0.287. The molecule has 0 radical (unpaired) electrons. The van der Waals surface area contributed by atoms with Gasteiger partial charge in [0.05, 0.1) is 11.4 Å². The third-order valence-electron chi connectivity index (χ3n) is 4.51. The van der Waals surface area contributed by atoms with Crippen molar-refractivity contribution in [1.82, 2.24) is 25.3 Å². The molecule has 0 aliphatic carbocycles. The van der Waals surface area contributed by atoms with Crippen molar-refractivity contribution >= 4 is 29.3 Å². The third kappa shape index (κ3) is 4.22. The van der Waals surface area contributed by atoms with Crippen LogP contribution in [0.15, 0.2) is 77.8 Å². The van der Waals surface area contributed by atoms with Crippen LogP contribution in [0.3, 0.4) is 0 Å². The van der Waals surface area contributed by atoms with Crippen LogP contribution in [0.25, 0.3) is 17.1 Å². The number of rotatable bonds is 6. The van der Waals surface area contributed by atoms with E-state index in [1.165, 1.54) is 0 Å². The van der Waals surface area contributed by atoms with Crippen LogP contribution in [0.5, 0.6) is 0 Å². The fraction of sp³-hybridized carbons (Fsp3) is 0.0909. The molecule has 2 aromatic heterocycles. The number of aromatic nitrogens is 4. The second-order valence-corrected chi connectivity index (χ2v) is 7.67. The molecule has 8 heteroatoms. The second-order valence-electron chi connectivity index (χ2n) is 6.39. The molecule has 4 rings (SSSR count). The Morgan fingerprint density at radius 2 is 1.83 bits per heavy atom. The van der Waals surface area contributed by atoms with Gasteiger partial charge >= 0.3 is 0 Å². The highest BCUT2D eigenvalue weighted by Crippen LogP contribution is 2.25. The van der Waals surface area contributed by atoms with E-state index < -0.39 is 0 Å². The first-order valence-electron chi connectivity index (χ1n) is 9.20. The SMILES string of the molecule is CSc1ccc(-n2nnc(C(=O)NCc3ccccc3Cl)c2-c2ccccn2)cc1. The molecule has 30 heavy (non-hydrogen) atoms. The van der Waals surface area contributed by atoms with Crippen LogP contribution >= 0.6 is 23.4 Å². The Morgan fingerprint density at radius 3 is 2.53 bits per heavy atom. The maximum Gasteiger partial charge on any atom is 0.274 e. The molecule has 150 valence electrons. The first-order valence-corrected chi connectivity index (χ1v) is 10.8. The molecule has 0 fully saturated rings. The maximum absolute atomic E-state index is 13.0. The van der Waals surface area contributed by atoms with Gasteiger partial charge in [-0.2, -0.15) is 0 Å². The molecule has 0 spiro atoms. The molecule has 2 aromatic carbocycles. The monoisotopic (exact) mass is 435 g/mol. The van der Waals surface area contributed by atoms with E-state index in [1.54, 1.807) is 28.7 Å². The van der Waals surface area contributed by atoms with Gasteiger partial charge in [0.25, 0.3) is 5.91 Å². The van der Waals surface area contributed by atoms with Crippen molar-refractivity contribution in [3.63, 3.8) is 0 Å². The number of carbonyl (C=O) groups excluding carboxylic acids is 1. The summed E-state index contributed by atoms with van der Waals surface area (Å²) in [6.07, 6.45) is 3.69. The van der Waals surface area contributed by atoms with E-state index in [0.717, 1.165) is 16.1 Å². The molecule has 0 aliphatic heterocycles. The summed E-state index contributed by atoms with van der Waals surface area (Å²) < 4.78 is 1.64. The van der Waals surface area contributed by atoms with Gasteiger partial charge in [0.2, 0.25) is 0 Å². The van der Waals surface area contributed by atoms with E-state index in [2.05, 4.69) is 20.6 Å². The zero-order chi connectivity index (χ0) is 20.9. The van der Waals surface area contributed by atoms with Gasteiger partial charge in [-0.25, -0.2) is 4.68 Å². The van der Waals surface area contributed by atoms with Gasteiger partial charge in [-0.05, 0) is 54.3 Å². The normalized spacial score (nSPS) is 10.7. The Hall–Kier alpha value is -3.16. The second kappa shape index (κ2) is 9.11. The van der Waals surface area contributed by atoms with Crippen molar-refractivity contribution in [2.75, 3.05) is 6.26 Å². The van der Waals surface area contributed by atoms with Crippen molar-refractivity contribution in [2.45, 2.75) is 11.4 Å². The van der Waals surface area contributed by atoms with Gasteiger partial charge < -0.3 is 5.32 Å². The number of benzene rings is 2. The molecule has 0 saturated carbocycles. The summed E-state index contributed by atoms with van der Waals surface area (Å²) in [7, 11) is 0. The van der Waals surface area contributed by atoms with E-state index in [0.29, 0.717) is 16.4 Å². The van der Waals surface area contributed by atoms with Crippen LogP contribution in [-0.4, -0.2) is 32.1 Å². The zero-order valence-corrected chi connectivity index (χ0v) is 17.7. The van der Waals surface area contributed by atoms with Crippen molar-refractivity contribution < 1.29 is 4.79 Å². The number of nitrogens with one attached hydrogen (secondary N) is 1. The Balaban J connectivity index is 1.70. The van der Waals surface area contributed by atoms with Gasteiger partial charge in [-0.3, -0.25) is 9.78 Å². The number of hydrogen-bond donors (Lipinski definition) is 1. The number of nitrogens with zero attached hydrogens (tertiary/aromatic N) is 4. The number of thioether (sulfide) groups is 1. The third-order valence-corrected chi connectivity index (χ3v) is 5.62. The van der Waals surface area contributed by atoms with Gasteiger partial charge in [-0.1, -0.05) is 41.1 Å². The molecule has 0 bridgehead atoms. The first kappa shape index (κ1) is 20.1. The van der Waals surface area contributed by atoms with Crippen LogP contribution in [0.1, 0.15) is 16.1 Å². The number of pyridine rings is 1. The minimum Gasteiger partial charge on any atom is -0.346 e. The van der Waals surface area contributed by atoms with Crippen molar-refractivity contribution in [2.24, 2.45) is 0 Å². The average Bonchev–Trinajstić information content (AvgIpc) is 3.24. The van der Waals surface area contributed by atoms with E-state index in [4.69, 9.17) is 11.6 Å². The van der Waals surface area contributed by atoms with Crippen molar-refractivity contribution in [1.29, 1.82) is 0 Å². The molecule has 4 aromatic rings. The summed E-state index contributed by atoms with van der Waals surface area (Å²) in [5, 5.41) is 11.9. The van der Waals surface area contributed by atoms with E-state index in [9.17, 15) is 4.79 Å². The minimum absolute atomic E-state index is 0.203. The predicted molar refractivity (Wildman–Crippen MR) is 119 cm³/mol. The van der Waals surface area contributed by atoms with Crippen LogP contribution in [-0.2, 0) is 6.54 Å². The molecule has 1 amide bonds. The highest BCUT2D eigenvalue weighted by atomic mass is 35.5. The lowest BCUT2D eigenvalue weighted by molar-refractivity contribution is 0.0946. The summed E-state index contributed by atoms with van der Waals surface area (Å²) >= 11 is 7.85. The lowest BCUT2D eigenvalue weighted by atomic mass is 10.2. The first-order chi connectivity index (χ1) is 14.7. The average molecular weight is 436 g/mol. The van der Waals surface area contributed by atoms with E-state index in [-0.39, 0.29) is 18.1 Å². The van der Waals surface area contributed by atoms with Gasteiger partial charge in [0.1, 0.15) is 5.69 Å². The summed E-state index contributed by atoms with van der Waals surface area (Å²) in [5.74, 6) is -0.345. The highest BCUT2D eigenvalue weighted by molar-refractivity contribution is 7.98. The van der Waals surface area contributed by atoms with Gasteiger partial charge in [0, 0.05) is 22.7 Å². The Kier molecular flexibility index (Phi) is 6.11. The highest BCUT2D eigenvalue weighted by Gasteiger charge is 2.23. The lowest BCUT2D eigenvalue weighted by Gasteiger charge is -2.09. The molecular formula is C22H18ClN5OS. The summed E-state index contributed by atoms with van der Waals surface area (Å²) in [4.78, 5) is 18.5. The van der Waals surface area contributed by atoms with Crippen molar-refractivity contribution in [3.05, 3.63) is 89.2 Å². The fourth-order valence-electron chi connectivity index (χ4n) is 2.97. The smallest absolute Gasteiger partial charge is 0.274 e. The molecule has 1 N–H and O–H groups in total. The predicted octanol–water partition coefficient (Wildman–Crippen LogP) is 4.63. The van der Waals surface area contributed by atoms with Gasteiger partial charge in [0.15, 0.2) is 5.69 Å². The van der Waals surface area contributed by atoms with Crippen LogP contribution in [0.4, 0.5) is 0 Å². The summed E-state index contributed by atoms with van der Waals surface area (Å²) in [5.41, 5.74) is 2.97. The fourth-order valence-corrected chi connectivity index (χ4v) is 3.58. The van der Waals surface area contributed by atoms with E-state index in [1.807, 2.05) is 66.9 Å². The van der Waals surface area contributed by atoms with Crippen LogP contribution < -0.4 is 5.32 Å². The number of halogens is 1. The number of hydrogen-bond acceptors (Lipinski definition) is 5. The van der Waals surface area contributed by atoms with E-state index >= 15 is 0 Å². The Bertz CT molecular complexity index is 1160. The molecule has 0 saturated heterocycles. The van der Waals surface area contributed by atoms with Crippen LogP contribution in [0, 0.1) is 0 Å². The van der Waals surface area contributed by atoms with Crippen LogP contribution in [0.2, 0.25) is 5.02 Å². The maximum atomic E-state index is 13.0. The number of amides is 1. The van der Waals surface area contributed by atoms with Crippen molar-refractivity contribution in [3.8, 4) is 17.1 Å².